The first kappa shape index (κ1) is 18.7. The lowest BCUT2D eigenvalue weighted by molar-refractivity contribution is 0.102. The molecule has 140 valence electrons. The first-order chi connectivity index (χ1) is 13.5. The normalized spacial score (nSPS) is 11.1. The van der Waals surface area contributed by atoms with Gasteiger partial charge in [-0.1, -0.05) is 42.1 Å². The number of thioether (sulfide) groups is 1. The van der Waals surface area contributed by atoms with Crippen molar-refractivity contribution in [2.24, 2.45) is 0 Å². The van der Waals surface area contributed by atoms with Gasteiger partial charge in [0, 0.05) is 15.3 Å². The molecule has 0 amide bonds. The average Bonchev–Trinajstić information content (AvgIpc) is 3.05. The van der Waals surface area contributed by atoms with Crippen LogP contribution in [0.5, 0.6) is 0 Å². The third-order valence-electron chi connectivity index (χ3n) is 4.43. The van der Waals surface area contributed by atoms with Crippen molar-refractivity contribution in [2.45, 2.75) is 19.0 Å². The summed E-state index contributed by atoms with van der Waals surface area (Å²) in [6, 6.07) is 18.6. The Hall–Kier alpha value is -2.70. The summed E-state index contributed by atoms with van der Waals surface area (Å²) in [5.74, 6) is 0.281. The van der Waals surface area contributed by atoms with Crippen molar-refractivity contribution >= 4 is 39.8 Å². The van der Waals surface area contributed by atoms with E-state index in [1.54, 1.807) is 22.0 Å². The van der Waals surface area contributed by atoms with E-state index in [0.717, 1.165) is 21.0 Å². The summed E-state index contributed by atoms with van der Waals surface area (Å²) in [5.41, 5.74) is 2.00. The number of ketones is 1. The molecule has 4 aromatic rings. The molecule has 4 nitrogen and oxygen atoms in total. The fraction of sp³-hybridized carbons (Fsp3) is 0.136. The fourth-order valence-corrected chi connectivity index (χ4v) is 4.97. The molecule has 0 fully saturated rings. The van der Waals surface area contributed by atoms with Crippen molar-refractivity contribution in [3.63, 3.8) is 0 Å². The smallest absolute Gasteiger partial charge is 0.266 e. The first-order valence-electron chi connectivity index (χ1n) is 8.85. The van der Waals surface area contributed by atoms with Crippen molar-refractivity contribution < 1.29 is 4.79 Å². The molecule has 0 saturated heterocycles. The average molecular weight is 407 g/mol. The maximum atomic E-state index is 13.1. The molecule has 4 rings (SSSR count). The van der Waals surface area contributed by atoms with E-state index in [1.807, 2.05) is 68.4 Å². The van der Waals surface area contributed by atoms with Gasteiger partial charge in [-0.05, 0) is 44.2 Å². The van der Waals surface area contributed by atoms with E-state index in [2.05, 4.69) is 4.98 Å². The number of fused-ring (bicyclic) bond motifs is 1. The van der Waals surface area contributed by atoms with E-state index in [0.29, 0.717) is 16.1 Å². The molecule has 0 bridgehead atoms. The van der Waals surface area contributed by atoms with Crippen molar-refractivity contribution in [3.05, 3.63) is 86.3 Å². The lowest BCUT2D eigenvalue weighted by Gasteiger charge is -2.13. The molecule has 0 radical (unpaired) electrons. The Morgan fingerprint density at radius 3 is 2.50 bits per heavy atom. The first-order valence-corrected chi connectivity index (χ1v) is 10.6. The molecule has 2 aromatic carbocycles. The van der Waals surface area contributed by atoms with Gasteiger partial charge in [-0.15, -0.1) is 11.3 Å². The zero-order valence-electron chi connectivity index (χ0n) is 15.5. The van der Waals surface area contributed by atoms with Gasteiger partial charge < -0.3 is 0 Å². The van der Waals surface area contributed by atoms with Gasteiger partial charge in [0.25, 0.3) is 5.56 Å². The summed E-state index contributed by atoms with van der Waals surface area (Å²) in [5, 5.41) is 1.08. The largest absolute Gasteiger partial charge is 0.293 e. The molecule has 0 atom stereocenters. The summed E-state index contributed by atoms with van der Waals surface area (Å²) in [7, 11) is 0. The molecule has 28 heavy (non-hydrogen) atoms. The predicted octanol–water partition coefficient (Wildman–Crippen LogP) is 5.04. The number of para-hydroxylation sites is 2. The second kappa shape index (κ2) is 7.73. The van der Waals surface area contributed by atoms with Gasteiger partial charge in [-0.3, -0.25) is 14.2 Å². The Balaban J connectivity index is 1.76. The van der Waals surface area contributed by atoms with Crippen LogP contribution in [0.25, 0.3) is 16.6 Å². The number of aromatic nitrogens is 2. The van der Waals surface area contributed by atoms with E-state index in [1.165, 1.54) is 11.8 Å². The van der Waals surface area contributed by atoms with Crippen LogP contribution in [0.15, 0.2) is 70.6 Å². The van der Waals surface area contributed by atoms with Crippen LogP contribution in [0, 0.1) is 13.8 Å². The van der Waals surface area contributed by atoms with Crippen LogP contribution in [0.2, 0.25) is 0 Å². The molecule has 0 saturated carbocycles. The molecular weight excluding hydrogens is 388 g/mol. The Labute approximate surface area is 170 Å². The second-order valence-corrected chi connectivity index (χ2v) is 8.83. The van der Waals surface area contributed by atoms with Crippen LogP contribution >= 0.6 is 23.1 Å². The van der Waals surface area contributed by atoms with Gasteiger partial charge in [-0.25, -0.2) is 4.98 Å². The van der Waals surface area contributed by atoms with Crippen LogP contribution in [0.1, 0.15) is 20.1 Å². The van der Waals surface area contributed by atoms with Gasteiger partial charge >= 0.3 is 0 Å². The number of Topliss-reactive ketones (excluding diaryl/α,β-unsaturated/α-hetero) is 1. The molecule has 0 aliphatic heterocycles. The lowest BCUT2D eigenvalue weighted by atomic mass is 10.2. The molecule has 0 aliphatic rings. The number of thiophene rings is 1. The lowest BCUT2D eigenvalue weighted by Crippen LogP contribution is -2.22. The number of hydrogen-bond acceptors (Lipinski definition) is 5. The Kier molecular flexibility index (Phi) is 5.15. The summed E-state index contributed by atoms with van der Waals surface area (Å²) in [6.45, 7) is 3.96. The summed E-state index contributed by atoms with van der Waals surface area (Å²) < 4.78 is 1.59. The minimum atomic E-state index is -0.130. The second-order valence-electron chi connectivity index (χ2n) is 6.43. The highest BCUT2D eigenvalue weighted by Crippen LogP contribution is 2.25. The Morgan fingerprint density at radius 2 is 1.79 bits per heavy atom. The predicted molar refractivity (Wildman–Crippen MR) is 116 cm³/mol. The van der Waals surface area contributed by atoms with Crippen molar-refractivity contribution in [1.82, 2.24) is 9.55 Å². The highest BCUT2D eigenvalue weighted by Gasteiger charge is 2.17. The van der Waals surface area contributed by atoms with Crippen LogP contribution < -0.4 is 5.56 Å². The zero-order valence-corrected chi connectivity index (χ0v) is 17.1. The zero-order chi connectivity index (χ0) is 19.7. The third kappa shape index (κ3) is 3.53. The van der Waals surface area contributed by atoms with Crippen LogP contribution in [-0.2, 0) is 0 Å². The molecule has 0 spiro atoms. The molecule has 0 unspecified atom stereocenters. The van der Waals surface area contributed by atoms with Crippen LogP contribution in [0.3, 0.4) is 0 Å². The standard InChI is InChI=1S/C22H18N2O2S2/c1-14-12-18(15(2)28-14)20(25)13-27-22-23-19-11-7-6-10-17(19)21(26)24(22)16-8-4-3-5-9-16/h3-12H,13H2,1-2H3. The van der Waals surface area contributed by atoms with Gasteiger partial charge in [0.05, 0.1) is 22.3 Å². The van der Waals surface area contributed by atoms with E-state index in [9.17, 15) is 9.59 Å². The van der Waals surface area contributed by atoms with Gasteiger partial charge in [0.15, 0.2) is 10.9 Å². The number of hydrogen-bond donors (Lipinski definition) is 0. The molecule has 0 aliphatic carbocycles. The van der Waals surface area contributed by atoms with Crippen molar-refractivity contribution in [3.8, 4) is 5.69 Å². The maximum absolute atomic E-state index is 13.1. The van der Waals surface area contributed by atoms with Gasteiger partial charge in [0.1, 0.15) is 0 Å². The Bertz CT molecular complexity index is 1230. The third-order valence-corrected chi connectivity index (χ3v) is 6.34. The molecular formula is C22H18N2O2S2. The van der Waals surface area contributed by atoms with E-state index in [-0.39, 0.29) is 17.1 Å². The van der Waals surface area contributed by atoms with Crippen molar-refractivity contribution in [2.75, 3.05) is 5.75 Å². The summed E-state index contributed by atoms with van der Waals surface area (Å²) in [6.07, 6.45) is 0. The van der Waals surface area contributed by atoms with Gasteiger partial charge in [-0.2, -0.15) is 0 Å². The molecule has 0 N–H and O–H groups in total. The fourth-order valence-electron chi connectivity index (χ4n) is 3.13. The summed E-state index contributed by atoms with van der Waals surface area (Å²) in [4.78, 5) is 32.7. The van der Waals surface area contributed by atoms with Crippen molar-refractivity contribution in [1.29, 1.82) is 0 Å². The topological polar surface area (TPSA) is 52.0 Å². The van der Waals surface area contributed by atoms with Crippen LogP contribution in [0.4, 0.5) is 0 Å². The molecule has 6 heteroatoms. The number of benzene rings is 2. The molecule has 2 aromatic heterocycles. The van der Waals surface area contributed by atoms with Gasteiger partial charge in [0.2, 0.25) is 0 Å². The maximum Gasteiger partial charge on any atom is 0.266 e. The number of nitrogens with zero attached hydrogens (tertiary/aromatic N) is 2. The van der Waals surface area contributed by atoms with E-state index in [4.69, 9.17) is 0 Å². The SMILES string of the molecule is Cc1cc(C(=O)CSc2nc3ccccc3c(=O)n2-c2ccccc2)c(C)s1. The minimum absolute atomic E-state index is 0.0499. The number of carbonyl (C=O) groups is 1. The summed E-state index contributed by atoms with van der Waals surface area (Å²) >= 11 is 2.92. The van der Waals surface area contributed by atoms with E-state index >= 15 is 0 Å². The minimum Gasteiger partial charge on any atom is -0.293 e. The number of aryl methyl sites for hydroxylation is 2. The number of carbonyl (C=O) groups excluding carboxylic acids is 1. The highest BCUT2D eigenvalue weighted by molar-refractivity contribution is 7.99. The van der Waals surface area contributed by atoms with Crippen LogP contribution in [-0.4, -0.2) is 21.1 Å². The molecule has 2 heterocycles. The quantitative estimate of drug-likeness (QED) is 0.265. The Morgan fingerprint density at radius 1 is 1.07 bits per heavy atom. The number of rotatable bonds is 5. The highest BCUT2D eigenvalue weighted by atomic mass is 32.2. The monoisotopic (exact) mass is 406 g/mol. The van der Waals surface area contributed by atoms with E-state index < -0.39 is 0 Å².